The van der Waals surface area contributed by atoms with Crippen LogP contribution in [0.1, 0.15) is 22.4 Å². The molecule has 0 fully saturated rings. The minimum atomic E-state index is 0.317. The Labute approximate surface area is 120 Å². The average molecular weight is 326 g/mol. The zero-order valence-corrected chi connectivity index (χ0v) is 12.2. The molecular formula is C14H14BrClN2. The quantitative estimate of drug-likeness (QED) is 0.847. The van der Waals surface area contributed by atoms with Gasteiger partial charge < -0.3 is 5.73 Å². The van der Waals surface area contributed by atoms with Crippen molar-refractivity contribution in [3.8, 4) is 0 Å². The maximum Gasteiger partial charge on any atom is 0.126 e. The van der Waals surface area contributed by atoms with Crippen LogP contribution in [-0.2, 0) is 6.42 Å². The fraction of sp³-hybridized carbons (Fsp3) is 0.214. The fourth-order valence-electron chi connectivity index (χ4n) is 1.80. The molecule has 0 aliphatic heterocycles. The molecule has 2 aromatic rings. The molecule has 2 nitrogen and oxygen atoms in total. The Kier molecular flexibility index (Phi) is 4.61. The molecule has 18 heavy (non-hydrogen) atoms. The summed E-state index contributed by atoms with van der Waals surface area (Å²) >= 11 is 9.61. The number of nitrogens with zero attached hydrogens (tertiary/aromatic N) is 1. The number of nitrogens with two attached hydrogens (primary N) is 1. The third kappa shape index (κ3) is 3.47. The van der Waals surface area contributed by atoms with Crippen molar-refractivity contribution in [1.29, 1.82) is 0 Å². The summed E-state index contributed by atoms with van der Waals surface area (Å²) in [6.07, 6.45) is 3.38. The first-order valence-corrected chi connectivity index (χ1v) is 7.05. The lowest BCUT2D eigenvalue weighted by molar-refractivity contribution is 0.812. The van der Waals surface area contributed by atoms with Gasteiger partial charge in [0.15, 0.2) is 0 Å². The Hall–Kier alpha value is -1.06. The molecule has 0 saturated heterocycles. The summed E-state index contributed by atoms with van der Waals surface area (Å²) in [4.78, 5) is 4.38. The van der Waals surface area contributed by atoms with Gasteiger partial charge in [-0.1, -0.05) is 57.9 Å². The highest BCUT2D eigenvalue weighted by atomic mass is 79.9. The van der Waals surface area contributed by atoms with Crippen LogP contribution in [0.5, 0.6) is 0 Å². The highest BCUT2D eigenvalue weighted by Gasteiger charge is 2.09. The van der Waals surface area contributed by atoms with E-state index in [9.17, 15) is 0 Å². The van der Waals surface area contributed by atoms with Crippen LogP contribution in [0.25, 0.3) is 0 Å². The van der Waals surface area contributed by atoms with Crippen molar-refractivity contribution in [3.05, 3.63) is 58.7 Å². The Morgan fingerprint density at radius 2 is 2.00 bits per heavy atom. The third-order valence-corrected chi connectivity index (χ3v) is 3.99. The van der Waals surface area contributed by atoms with Gasteiger partial charge in [0.05, 0.1) is 5.02 Å². The van der Waals surface area contributed by atoms with Crippen molar-refractivity contribution in [1.82, 2.24) is 4.98 Å². The van der Waals surface area contributed by atoms with Crippen LogP contribution < -0.4 is 5.73 Å². The molecule has 0 spiro atoms. The molecule has 2 N–H and O–H groups in total. The standard InChI is InChI=1S/C14H14BrClN2/c15-13(10-4-2-1-3-5-10)7-6-11-8-12(16)9-18-14(11)17/h1-5,8-9,13H,6-7H2,(H2,17,18). The topological polar surface area (TPSA) is 38.9 Å². The SMILES string of the molecule is Nc1ncc(Cl)cc1CCC(Br)c1ccccc1. The number of halogens is 2. The number of hydrogen-bond acceptors (Lipinski definition) is 2. The second kappa shape index (κ2) is 6.21. The van der Waals surface area contributed by atoms with E-state index in [0.29, 0.717) is 15.7 Å². The van der Waals surface area contributed by atoms with Crippen LogP contribution in [0.4, 0.5) is 5.82 Å². The van der Waals surface area contributed by atoms with Crippen molar-refractivity contribution >= 4 is 33.3 Å². The van der Waals surface area contributed by atoms with E-state index in [0.717, 1.165) is 18.4 Å². The lowest BCUT2D eigenvalue weighted by Gasteiger charge is -2.11. The average Bonchev–Trinajstić information content (AvgIpc) is 2.40. The fourth-order valence-corrected chi connectivity index (χ4v) is 2.52. The molecule has 1 heterocycles. The van der Waals surface area contributed by atoms with Crippen LogP contribution in [0.3, 0.4) is 0 Å². The minimum Gasteiger partial charge on any atom is -0.383 e. The number of benzene rings is 1. The van der Waals surface area contributed by atoms with Crippen LogP contribution in [0, 0.1) is 0 Å². The summed E-state index contributed by atoms with van der Waals surface area (Å²) in [5.74, 6) is 0.562. The first-order valence-electron chi connectivity index (χ1n) is 5.75. The lowest BCUT2D eigenvalue weighted by Crippen LogP contribution is -2.00. The van der Waals surface area contributed by atoms with E-state index in [1.165, 1.54) is 5.56 Å². The Morgan fingerprint density at radius 1 is 1.28 bits per heavy atom. The normalized spacial score (nSPS) is 12.3. The molecule has 1 unspecified atom stereocenters. The van der Waals surface area contributed by atoms with Gasteiger partial charge in [0, 0.05) is 11.0 Å². The summed E-state index contributed by atoms with van der Waals surface area (Å²) in [6.45, 7) is 0. The second-order valence-corrected chi connectivity index (χ2v) is 5.66. The Bertz CT molecular complexity index is 516. The number of pyridine rings is 1. The molecule has 2 rings (SSSR count). The predicted molar refractivity (Wildman–Crippen MR) is 80.1 cm³/mol. The first kappa shape index (κ1) is 13.4. The van der Waals surface area contributed by atoms with Gasteiger partial charge in [-0.15, -0.1) is 0 Å². The van der Waals surface area contributed by atoms with Gasteiger partial charge in [0.2, 0.25) is 0 Å². The first-order chi connectivity index (χ1) is 8.66. The smallest absolute Gasteiger partial charge is 0.126 e. The van der Waals surface area contributed by atoms with E-state index >= 15 is 0 Å². The summed E-state index contributed by atoms with van der Waals surface area (Å²) in [5, 5.41) is 0.630. The summed E-state index contributed by atoms with van der Waals surface area (Å²) in [7, 11) is 0. The van der Waals surface area contributed by atoms with E-state index in [2.05, 4.69) is 33.0 Å². The number of aryl methyl sites for hydroxylation is 1. The van der Waals surface area contributed by atoms with Gasteiger partial charge in [0.25, 0.3) is 0 Å². The molecule has 0 saturated carbocycles. The molecule has 0 bridgehead atoms. The molecule has 1 atom stereocenters. The maximum atomic E-state index is 5.92. The van der Waals surface area contributed by atoms with Gasteiger partial charge in [-0.3, -0.25) is 0 Å². The summed E-state index contributed by atoms with van der Waals surface area (Å²) in [5.41, 5.74) is 8.10. The van der Waals surface area contributed by atoms with Crippen LogP contribution in [0.2, 0.25) is 5.02 Å². The number of aromatic nitrogens is 1. The highest BCUT2D eigenvalue weighted by Crippen LogP contribution is 2.28. The largest absolute Gasteiger partial charge is 0.383 e. The van der Waals surface area contributed by atoms with Gasteiger partial charge in [0.1, 0.15) is 5.82 Å². The van der Waals surface area contributed by atoms with Gasteiger partial charge in [-0.2, -0.15) is 0 Å². The van der Waals surface area contributed by atoms with Crippen molar-refractivity contribution in [3.63, 3.8) is 0 Å². The Balaban J connectivity index is 2.01. The van der Waals surface area contributed by atoms with Gasteiger partial charge in [-0.25, -0.2) is 4.98 Å². The van der Waals surface area contributed by atoms with Crippen molar-refractivity contribution in [2.75, 3.05) is 5.73 Å². The molecular weight excluding hydrogens is 312 g/mol. The van der Waals surface area contributed by atoms with Crippen LogP contribution in [-0.4, -0.2) is 4.98 Å². The van der Waals surface area contributed by atoms with Gasteiger partial charge in [-0.05, 0) is 30.0 Å². The molecule has 0 amide bonds. The number of rotatable bonds is 4. The number of nitrogen functional groups attached to an aromatic ring is 1. The molecule has 4 heteroatoms. The zero-order valence-electron chi connectivity index (χ0n) is 9.81. The van der Waals surface area contributed by atoms with E-state index < -0.39 is 0 Å². The monoisotopic (exact) mass is 324 g/mol. The predicted octanol–water partition coefficient (Wildman–Crippen LogP) is 4.39. The van der Waals surface area contributed by atoms with Crippen LogP contribution in [0.15, 0.2) is 42.6 Å². The number of hydrogen-bond donors (Lipinski definition) is 1. The molecule has 0 radical (unpaired) electrons. The number of anilines is 1. The number of alkyl halides is 1. The maximum absolute atomic E-state index is 5.92. The molecule has 94 valence electrons. The molecule has 0 aliphatic carbocycles. The summed E-state index contributed by atoms with van der Waals surface area (Å²) in [6, 6.07) is 12.2. The van der Waals surface area contributed by atoms with Crippen molar-refractivity contribution in [2.24, 2.45) is 0 Å². The van der Waals surface area contributed by atoms with E-state index in [1.54, 1.807) is 6.20 Å². The minimum absolute atomic E-state index is 0.317. The van der Waals surface area contributed by atoms with E-state index in [4.69, 9.17) is 17.3 Å². The van der Waals surface area contributed by atoms with Crippen molar-refractivity contribution in [2.45, 2.75) is 17.7 Å². The van der Waals surface area contributed by atoms with Crippen LogP contribution >= 0.6 is 27.5 Å². The third-order valence-electron chi connectivity index (χ3n) is 2.80. The van der Waals surface area contributed by atoms with Crippen molar-refractivity contribution < 1.29 is 0 Å². The van der Waals surface area contributed by atoms with E-state index in [-0.39, 0.29) is 0 Å². The second-order valence-electron chi connectivity index (χ2n) is 4.11. The molecule has 0 aliphatic rings. The molecule has 1 aromatic carbocycles. The molecule has 1 aromatic heterocycles. The summed E-state index contributed by atoms with van der Waals surface area (Å²) < 4.78 is 0. The highest BCUT2D eigenvalue weighted by molar-refractivity contribution is 9.09. The Morgan fingerprint density at radius 3 is 2.72 bits per heavy atom. The zero-order chi connectivity index (χ0) is 13.0. The van der Waals surface area contributed by atoms with Gasteiger partial charge >= 0.3 is 0 Å². The van der Waals surface area contributed by atoms with E-state index in [1.807, 2.05) is 24.3 Å². The lowest BCUT2D eigenvalue weighted by atomic mass is 10.0.